The van der Waals surface area contributed by atoms with Crippen molar-refractivity contribution in [2.24, 2.45) is 5.92 Å². The third-order valence-corrected chi connectivity index (χ3v) is 3.22. The van der Waals surface area contributed by atoms with Crippen molar-refractivity contribution in [1.82, 2.24) is 5.32 Å². The van der Waals surface area contributed by atoms with Crippen LogP contribution in [-0.4, -0.2) is 24.5 Å². The van der Waals surface area contributed by atoms with E-state index in [1.54, 1.807) is 0 Å². The fraction of sp³-hybridized carbons (Fsp3) is 0.833. The Labute approximate surface area is 96.7 Å². The van der Waals surface area contributed by atoms with Crippen LogP contribution in [0.25, 0.3) is 0 Å². The molecule has 16 heavy (non-hydrogen) atoms. The zero-order chi connectivity index (χ0) is 12.0. The Morgan fingerprint density at radius 1 is 1.50 bits per heavy atom. The fourth-order valence-corrected chi connectivity index (χ4v) is 2.25. The number of carbonyl (C=O) groups is 2. The number of hydrogen-bond acceptors (Lipinski definition) is 3. The molecule has 92 valence electrons. The van der Waals surface area contributed by atoms with Gasteiger partial charge in [0.1, 0.15) is 6.04 Å². The Kier molecular flexibility index (Phi) is 5.29. The van der Waals surface area contributed by atoms with Gasteiger partial charge < -0.3 is 10.1 Å². The third-order valence-electron chi connectivity index (χ3n) is 3.22. The Hall–Kier alpha value is -1.06. The van der Waals surface area contributed by atoms with E-state index < -0.39 is 6.04 Å². The number of esters is 1. The van der Waals surface area contributed by atoms with Crippen molar-refractivity contribution in [3.63, 3.8) is 0 Å². The molecule has 1 aliphatic rings. The van der Waals surface area contributed by atoms with Crippen LogP contribution in [0.2, 0.25) is 0 Å². The van der Waals surface area contributed by atoms with E-state index in [0.717, 1.165) is 25.7 Å². The van der Waals surface area contributed by atoms with Crippen LogP contribution in [0.3, 0.4) is 0 Å². The van der Waals surface area contributed by atoms with Gasteiger partial charge in [0, 0.05) is 0 Å². The normalized spacial score (nSPS) is 31.9. The third kappa shape index (κ3) is 3.83. The van der Waals surface area contributed by atoms with Crippen LogP contribution in [-0.2, 0) is 14.3 Å². The van der Waals surface area contributed by atoms with Crippen LogP contribution >= 0.6 is 0 Å². The summed E-state index contributed by atoms with van der Waals surface area (Å²) in [6.07, 6.45) is 5.32. The zero-order valence-corrected chi connectivity index (χ0v) is 10.1. The van der Waals surface area contributed by atoms with Crippen LogP contribution in [0.5, 0.6) is 0 Å². The van der Waals surface area contributed by atoms with Gasteiger partial charge in [-0.05, 0) is 25.7 Å². The maximum absolute atomic E-state index is 11.7. The maximum Gasteiger partial charge on any atom is 0.328 e. The molecule has 0 spiro atoms. The molecule has 1 N–H and O–H groups in total. The number of amides is 1. The van der Waals surface area contributed by atoms with Gasteiger partial charge in [-0.25, -0.2) is 4.79 Å². The van der Waals surface area contributed by atoms with E-state index >= 15 is 0 Å². The molecule has 4 nitrogen and oxygen atoms in total. The molecule has 2 unspecified atom stereocenters. The first-order valence-corrected chi connectivity index (χ1v) is 6.07. The molecular weight excluding hydrogens is 206 g/mol. The van der Waals surface area contributed by atoms with E-state index in [9.17, 15) is 9.59 Å². The highest BCUT2D eigenvalue weighted by Crippen LogP contribution is 2.22. The molecule has 1 rings (SSSR count). The Morgan fingerprint density at radius 3 is 2.88 bits per heavy atom. The van der Waals surface area contributed by atoms with Crippen molar-refractivity contribution >= 4 is 12.4 Å². The second-order valence-corrected chi connectivity index (χ2v) is 4.53. The van der Waals surface area contributed by atoms with Gasteiger partial charge in [0.2, 0.25) is 6.41 Å². The summed E-state index contributed by atoms with van der Waals surface area (Å²) in [7, 11) is 0. The second-order valence-electron chi connectivity index (χ2n) is 4.53. The first-order chi connectivity index (χ1) is 7.67. The molecule has 0 bridgehead atoms. The first-order valence-electron chi connectivity index (χ1n) is 6.07. The molecule has 1 amide bonds. The van der Waals surface area contributed by atoms with Crippen LogP contribution in [0.1, 0.15) is 46.0 Å². The molecule has 3 atom stereocenters. The lowest BCUT2D eigenvalue weighted by molar-refractivity contribution is -0.152. The minimum absolute atomic E-state index is 0.0495. The summed E-state index contributed by atoms with van der Waals surface area (Å²) >= 11 is 0. The van der Waals surface area contributed by atoms with Crippen molar-refractivity contribution in [2.75, 3.05) is 0 Å². The van der Waals surface area contributed by atoms with Gasteiger partial charge in [-0.3, -0.25) is 4.79 Å². The molecule has 1 fully saturated rings. The Balaban J connectivity index is 2.61. The highest BCUT2D eigenvalue weighted by atomic mass is 16.5. The molecule has 0 radical (unpaired) electrons. The highest BCUT2D eigenvalue weighted by molar-refractivity contribution is 5.78. The first kappa shape index (κ1) is 13.0. The van der Waals surface area contributed by atoms with Crippen molar-refractivity contribution in [1.29, 1.82) is 0 Å². The summed E-state index contributed by atoms with van der Waals surface area (Å²) in [5, 5.41) is 2.53. The SMILES string of the molecule is CCC1CCC[C@H](NC=O)C(=O)OC(C)C1. The van der Waals surface area contributed by atoms with E-state index in [1.165, 1.54) is 0 Å². The Morgan fingerprint density at radius 2 is 2.25 bits per heavy atom. The molecule has 1 saturated heterocycles. The number of cyclic esters (lactones) is 1. The predicted octanol–water partition coefficient (Wildman–Crippen LogP) is 1.63. The molecular formula is C12H21NO3. The zero-order valence-electron chi connectivity index (χ0n) is 10.1. The van der Waals surface area contributed by atoms with Crippen LogP contribution in [0.4, 0.5) is 0 Å². The summed E-state index contributed by atoms with van der Waals surface area (Å²) < 4.78 is 5.31. The van der Waals surface area contributed by atoms with Gasteiger partial charge in [-0.15, -0.1) is 0 Å². The molecule has 0 aromatic rings. The van der Waals surface area contributed by atoms with Crippen LogP contribution < -0.4 is 5.32 Å². The smallest absolute Gasteiger partial charge is 0.328 e. The van der Waals surface area contributed by atoms with Gasteiger partial charge in [0.05, 0.1) is 6.10 Å². The van der Waals surface area contributed by atoms with Crippen LogP contribution in [0.15, 0.2) is 0 Å². The molecule has 0 saturated carbocycles. The molecule has 0 aromatic heterocycles. The molecule has 0 aliphatic carbocycles. The van der Waals surface area contributed by atoms with Crippen molar-refractivity contribution in [3.05, 3.63) is 0 Å². The average molecular weight is 227 g/mol. The summed E-state index contributed by atoms with van der Waals surface area (Å²) in [5.74, 6) is 0.328. The molecule has 0 aromatic carbocycles. The van der Waals surface area contributed by atoms with Crippen LogP contribution in [0, 0.1) is 5.92 Å². The summed E-state index contributed by atoms with van der Waals surface area (Å²) in [4.78, 5) is 22.1. The Bertz CT molecular complexity index is 242. The minimum Gasteiger partial charge on any atom is -0.461 e. The molecule has 1 aliphatic heterocycles. The van der Waals surface area contributed by atoms with E-state index in [1.807, 2.05) is 6.92 Å². The van der Waals surface area contributed by atoms with Gasteiger partial charge in [-0.1, -0.05) is 26.2 Å². The van der Waals surface area contributed by atoms with E-state index in [4.69, 9.17) is 4.74 Å². The van der Waals surface area contributed by atoms with Gasteiger partial charge in [0.25, 0.3) is 0 Å². The van der Waals surface area contributed by atoms with Gasteiger partial charge in [-0.2, -0.15) is 0 Å². The fourth-order valence-electron chi connectivity index (χ4n) is 2.25. The number of ether oxygens (including phenoxy) is 1. The van der Waals surface area contributed by atoms with Crippen molar-refractivity contribution < 1.29 is 14.3 Å². The summed E-state index contributed by atoms with van der Waals surface area (Å²) in [6.45, 7) is 4.09. The number of hydrogen-bond donors (Lipinski definition) is 1. The van der Waals surface area contributed by atoms with E-state index in [2.05, 4.69) is 12.2 Å². The standard InChI is InChI=1S/C12H21NO3/c1-3-10-5-4-6-11(13-8-14)12(15)16-9(2)7-10/h8-11H,3-7H2,1-2H3,(H,13,14)/t9?,10?,11-/m0/s1. The minimum atomic E-state index is -0.462. The average Bonchev–Trinajstić information content (AvgIpc) is 2.31. The lowest BCUT2D eigenvalue weighted by atomic mass is 9.93. The quantitative estimate of drug-likeness (QED) is 0.589. The topological polar surface area (TPSA) is 55.4 Å². The molecule has 1 heterocycles. The van der Waals surface area contributed by atoms with Gasteiger partial charge in [0.15, 0.2) is 0 Å². The summed E-state index contributed by atoms with van der Waals surface area (Å²) in [6, 6.07) is -0.462. The second kappa shape index (κ2) is 6.51. The highest BCUT2D eigenvalue weighted by Gasteiger charge is 2.25. The summed E-state index contributed by atoms with van der Waals surface area (Å²) in [5.41, 5.74) is 0. The largest absolute Gasteiger partial charge is 0.461 e. The maximum atomic E-state index is 11.7. The van der Waals surface area contributed by atoms with E-state index in [0.29, 0.717) is 18.7 Å². The van der Waals surface area contributed by atoms with Gasteiger partial charge >= 0.3 is 5.97 Å². The van der Waals surface area contributed by atoms with Crippen molar-refractivity contribution in [2.45, 2.75) is 58.1 Å². The van der Waals surface area contributed by atoms with Crippen molar-refractivity contribution in [3.8, 4) is 0 Å². The number of carbonyl (C=O) groups excluding carboxylic acids is 2. The number of rotatable bonds is 3. The monoisotopic (exact) mass is 227 g/mol. The predicted molar refractivity (Wildman–Crippen MR) is 60.8 cm³/mol. The number of nitrogens with one attached hydrogen (secondary N) is 1. The molecule has 4 heteroatoms. The van der Waals surface area contributed by atoms with E-state index in [-0.39, 0.29) is 12.1 Å². The lowest BCUT2D eigenvalue weighted by Gasteiger charge is -2.18. The lowest BCUT2D eigenvalue weighted by Crippen LogP contribution is -2.38.